The minimum Gasteiger partial charge on any atom is -0.449 e. The van der Waals surface area contributed by atoms with Gasteiger partial charge in [-0.2, -0.15) is 57.1 Å². The molecule has 0 aliphatic heterocycles. The van der Waals surface area contributed by atoms with Crippen molar-refractivity contribution in [3.63, 3.8) is 0 Å². The second kappa shape index (κ2) is 14.4. The van der Waals surface area contributed by atoms with Crippen molar-refractivity contribution in [2.24, 2.45) is 0 Å². The van der Waals surface area contributed by atoms with Gasteiger partial charge in [0.15, 0.2) is 0 Å². The maximum atomic E-state index is 13.9. The molecule has 49 heavy (non-hydrogen) atoms. The maximum absolute atomic E-state index is 13.9. The fraction of sp³-hybridized carbons (Fsp3) is 0.333. The van der Waals surface area contributed by atoms with Crippen LogP contribution in [0.1, 0.15) is 23.1 Å². The van der Waals surface area contributed by atoms with Crippen molar-refractivity contribution in [3.8, 4) is 0 Å². The third kappa shape index (κ3) is 8.66. The van der Waals surface area contributed by atoms with Crippen molar-refractivity contribution in [3.05, 3.63) is 95.6 Å². The summed E-state index contributed by atoms with van der Waals surface area (Å²) in [6.45, 7) is -1.81. The SMILES string of the molecule is O=C(Nc1ccc(Cc2ccc(NC(=O)OCc3ccccc3)cc2)cc1)OCCC(F)(F)C(F)(F)C(F)(F)C(F)(F)C(F)(F)C(F)(F)F. The molecule has 0 saturated heterocycles. The first kappa shape index (κ1) is 38.7. The zero-order chi connectivity index (χ0) is 36.9. The Morgan fingerprint density at radius 2 is 0.939 bits per heavy atom. The van der Waals surface area contributed by atoms with E-state index >= 15 is 0 Å². The molecular formula is C30H23F13N2O4. The van der Waals surface area contributed by atoms with Gasteiger partial charge in [0.05, 0.1) is 13.0 Å². The van der Waals surface area contributed by atoms with E-state index in [9.17, 15) is 66.7 Å². The third-order valence-electron chi connectivity index (χ3n) is 6.67. The van der Waals surface area contributed by atoms with Crippen molar-refractivity contribution in [1.82, 2.24) is 0 Å². The molecule has 6 nitrogen and oxygen atoms in total. The van der Waals surface area contributed by atoms with Gasteiger partial charge in [0.25, 0.3) is 0 Å². The quantitative estimate of drug-likeness (QED) is 0.172. The molecule has 3 rings (SSSR count). The van der Waals surface area contributed by atoms with Crippen LogP contribution >= 0.6 is 0 Å². The second-order valence-corrected chi connectivity index (χ2v) is 10.3. The predicted molar refractivity (Wildman–Crippen MR) is 146 cm³/mol. The Hall–Kier alpha value is -4.71. The molecule has 0 unspecified atom stereocenters. The van der Waals surface area contributed by atoms with Crippen LogP contribution in [0.15, 0.2) is 78.9 Å². The topological polar surface area (TPSA) is 76.7 Å². The highest BCUT2D eigenvalue weighted by Crippen LogP contribution is 2.60. The molecule has 0 atom stereocenters. The Bertz CT molecular complexity index is 1570. The summed E-state index contributed by atoms with van der Waals surface area (Å²) in [5.74, 6) is -37.6. The van der Waals surface area contributed by atoms with Gasteiger partial charge in [-0.25, -0.2) is 9.59 Å². The highest BCUT2D eigenvalue weighted by molar-refractivity contribution is 5.85. The van der Waals surface area contributed by atoms with Crippen LogP contribution in [0.25, 0.3) is 0 Å². The summed E-state index contributed by atoms with van der Waals surface area (Å²) in [5.41, 5.74) is 2.61. The molecular weight excluding hydrogens is 699 g/mol. The van der Waals surface area contributed by atoms with Crippen LogP contribution in [0.5, 0.6) is 0 Å². The van der Waals surface area contributed by atoms with Gasteiger partial charge in [-0.05, 0) is 47.4 Å². The van der Waals surface area contributed by atoms with Crippen LogP contribution < -0.4 is 10.6 Å². The van der Waals surface area contributed by atoms with Gasteiger partial charge in [-0.1, -0.05) is 54.6 Å². The fourth-order valence-corrected chi connectivity index (χ4v) is 3.91. The van der Waals surface area contributed by atoms with E-state index in [4.69, 9.17) is 4.74 Å². The molecule has 0 bridgehead atoms. The van der Waals surface area contributed by atoms with Crippen molar-refractivity contribution >= 4 is 23.6 Å². The zero-order valence-corrected chi connectivity index (χ0v) is 24.4. The van der Waals surface area contributed by atoms with Crippen LogP contribution in [-0.4, -0.2) is 54.6 Å². The Morgan fingerprint density at radius 3 is 1.39 bits per heavy atom. The van der Waals surface area contributed by atoms with E-state index in [1.165, 1.54) is 24.3 Å². The number of ether oxygens (including phenoxy) is 2. The number of amides is 2. The molecule has 2 amide bonds. The highest BCUT2D eigenvalue weighted by Gasteiger charge is 2.90. The van der Waals surface area contributed by atoms with Crippen LogP contribution in [-0.2, 0) is 22.5 Å². The molecule has 3 aromatic carbocycles. The number of hydrogen-bond acceptors (Lipinski definition) is 4. The van der Waals surface area contributed by atoms with Gasteiger partial charge < -0.3 is 9.47 Å². The number of anilines is 2. The summed E-state index contributed by atoms with van der Waals surface area (Å²) in [5, 5.41) is 4.52. The predicted octanol–water partition coefficient (Wildman–Crippen LogP) is 9.70. The van der Waals surface area contributed by atoms with E-state index in [0.717, 1.165) is 11.1 Å². The third-order valence-corrected chi connectivity index (χ3v) is 6.67. The average Bonchev–Trinajstić information content (AvgIpc) is 3.01. The van der Waals surface area contributed by atoms with Gasteiger partial charge in [-0.3, -0.25) is 10.6 Å². The van der Waals surface area contributed by atoms with Gasteiger partial charge in [0.1, 0.15) is 6.61 Å². The number of carbonyl (C=O) groups is 2. The minimum absolute atomic E-state index is 0.0556. The lowest BCUT2D eigenvalue weighted by atomic mass is 9.93. The van der Waals surface area contributed by atoms with Crippen LogP contribution in [0.4, 0.5) is 78.0 Å². The normalized spacial score (nSPS) is 13.1. The van der Waals surface area contributed by atoms with E-state index < -0.39 is 61.0 Å². The largest absolute Gasteiger partial charge is 0.460 e. The molecule has 3 aromatic rings. The molecule has 0 saturated carbocycles. The highest BCUT2D eigenvalue weighted by atomic mass is 19.4. The van der Waals surface area contributed by atoms with E-state index in [-0.39, 0.29) is 12.3 Å². The zero-order valence-electron chi connectivity index (χ0n) is 24.4. The number of alkyl halides is 13. The van der Waals surface area contributed by atoms with E-state index in [1.807, 2.05) is 11.4 Å². The fourth-order valence-electron chi connectivity index (χ4n) is 3.91. The first-order chi connectivity index (χ1) is 22.5. The number of hydrogen-bond donors (Lipinski definition) is 2. The van der Waals surface area contributed by atoms with E-state index in [1.54, 1.807) is 48.5 Å². The van der Waals surface area contributed by atoms with E-state index in [2.05, 4.69) is 10.1 Å². The van der Waals surface area contributed by atoms with Gasteiger partial charge in [0.2, 0.25) is 0 Å². The molecule has 2 N–H and O–H groups in total. The number of carbonyl (C=O) groups excluding carboxylic acids is 2. The Morgan fingerprint density at radius 1 is 0.510 bits per heavy atom. The molecule has 0 heterocycles. The average molecular weight is 722 g/mol. The summed E-state index contributed by atoms with van der Waals surface area (Å²) in [6, 6.07) is 21.1. The van der Waals surface area contributed by atoms with Crippen molar-refractivity contribution in [2.75, 3.05) is 17.2 Å². The molecule has 0 fully saturated rings. The lowest BCUT2D eigenvalue weighted by Gasteiger charge is -2.39. The number of halogens is 13. The lowest BCUT2D eigenvalue weighted by Crippen LogP contribution is -2.70. The summed E-state index contributed by atoms with van der Waals surface area (Å²) in [6.07, 6.45) is -12.1. The standard InChI is InChI=1S/C30H23F13N2O4/c31-25(32,26(33,34)27(35,36)28(37,38)29(39,40)30(41,42)43)14-15-48-23(46)44-21-10-6-18(7-11-21)16-19-8-12-22(13-9-19)45-24(47)49-17-20-4-2-1-3-5-20/h1-13H,14-17H2,(H,44,46)(H,45,47). The molecule has 0 aliphatic rings. The number of benzene rings is 3. The molecule has 0 spiro atoms. The van der Waals surface area contributed by atoms with Gasteiger partial charge in [-0.15, -0.1) is 0 Å². The Balaban J connectivity index is 1.49. The molecule has 19 heteroatoms. The first-order valence-electron chi connectivity index (χ1n) is 13.6. The van der Waals surface area contributed by atoms with Gasteiger partial charge in [0, 0.05) is 11.4 Å². The Labute approximate surface area is 268 Å². The molecule has 0 aliphatic carbocycles. The van der Waals surface area contributed by atoms with Crippen LogP contribution in [0.3, 0.4) is 0 Å². The lowest BCUT2D eigenvalue weighted by molar-refractivity contribution is -0.440. The summed E-state index contributed by atoms with van der Waals surface area (Å²) in [7, 11) is 0. The van der Waals surface area contributed by atoms with Crippen molar-refractivity contribution < 1.29 is 76.1 Å². The molecule has 0 radical (unpaired) electrons. The monoisotopic (exact) mass is 722 g/mol. The smallest absolute Gasteiger partial charge is 0.449 e. The summed E-state index contributed by atoms with van der Waals surface area (Å²) in [4.78, 5) is 23.8. The Kier molecular flexibility index (Phi) is 11.4. The number of nitrogens with one attached hydrogen (secondary N) is 2. The van der Waals surface area contributed by atoms with Crippen LogP contribution in [0.2, 0.25) is 0 Å². The first-order valence-corrected chi connectivity index (χ1v) is 13.6. The summed E-state index contributed by atoms with van der Waals surface area (Å²) >= 11 is 0. The van der Waals surface area contributed by atoms with E-state index in [0.29, 0.717) is 17.7 Å². The minimum atomic E-state index is -8.01. The number of rotatable bonds is 13. The van der Waals surface area contributed by atoms with Crippen molar-refractivity contribution in [2.45, 2.75) is 55.2 Å². The van der Waals surface area contributed by atoms with Crippen molar-refractivity contribution in [1.29, 1.82) is 0 Å². The van der Waals surface area contributed by atoms with Crippen LogP contribution in [0, 0.1) is 0 Å². The second-order valence-electron chi connectivity index (χ2n) is 10.3. The maximum Gasteiger partial charge on any atom is 0.460 e. The molecule has 268 valence electrons. The molecule has 0 aromatic heterocycles. The van der Waals surface area contributed by atoms with Gasteiger partial charge >= 0.3 is 48.0 Å². The summed E-state index contributed by atoms with van der Waals surface area (Å²) < 4.78 is 181.